The van der Waals surface area contributed by atoms with E-state index in [0.717, 1.165) is 24.5 Å². The van der Waals surface area contributed by atoms with Gasteiger partial charge in [0.25, 0.3) is 5.91 Å². The minimum atomic E-state index is -0.204. The van der Waals surface area contributed by atoms with Crippen LogP contribution in [0.4, 0.5) is 0 Å². The third-order valence-corrected chi connectivity index (χ3v) is 4.65. The topological polar surface area (TPSA) is 79.5 Å². The third kappa shape index (κ3) is 4.42. The van der Waals surface area contributed by atoms with Crippen molar-refractivity contribution < 1.29 is 14.3 Å². The van der Waals surface area contributed by atoms with Gasteiger partial charge in [-0.3, -0.25) is 14.8 Å². The largest absolute Gasteiger partial charge is 0.487 e. The number of aromatic amines is 1. The number of methoxy groups -OCH3 is 1. The van der Waals surface area contributed by atoms with E-state index in [1.165, 1.54) is 0 Å². The molecule has 0 aliphatic carbocycles. The monoisotopic (exact) mass is 358 g/mol. The van der Waals surface area contributed by atoms with Crippen molar-refractivity contribution in [2.24, 2.45) is 0 Å². The average Bonchev–Trinajstić information content (AvgIpc) is 3.28. The van der Waals surface area contributed by atoms with Crippen molar-refractivity contribution in [3.8, 4) is 5.75 Å². The van der Waals surface area contributed by atoms with E-state index in [1.54, 1.807) is 13.2 Å². The van der Waals surface area contributed by atoms with Gasteiger partial charge in [-0.25, -0.2) is 0 Å². The van der Waals surface area contributed by atoms with Crippen LogP contribution < -0.4 is 10.1 Å². The van der Waals surface area contributed by atoms with Crippen molar-refractivity contribution in [1.29, 1.82) is 0 Å². The van der Waals surface area contributed by atoms with E-state index in [2.05, 4.69) is 34.3 Å². The molecule has 0 spiro atoms. The summed E-state index contributed by atoms with van der Waals surface area (Å²) in [6.07, 6.45) is -0.0128. The smallest absolute Gasteiger partial charge is 0.272 e. The SMILES string of the molecule is CO[C@@H]1CN(C(C)C)C[C@H]1NC(=O)c1cc(COc2ccccc2)[nH]n1. The Hall–Kier alpha value is -2.38. The van der Waals surface area contributed by atoms with Gasteiger partial charge >= 0.3 is 0 Å². The molecule has 140 valence electrons. The molecule has 2 N–H and O–H groups in total. The Morgan fingerprint density at radius 1 is 1.35 bits per heavy atom. The minimum absolute atomic E-state index is 0.0128. The van der Waals surface area contributed by atoms with Gasteiger partial charge in [0.15, 0.2) is 0 Å². The molecule has 2 heterocycles. The molecule has 0 bridgehead atoms. The number of nitrogens with zero attached hydrogens (tertiary/aromatic N) is 2. The molecule has 1 amide bonds. The number of carbonyl (C=O) groups excluding carboxylic acids is 1. The van der Waals surface area contributed by atoms with E-state index >= 15 is 0 Å². The quantitative estimate of drug-likeness (QED) is 0.789. The van der Waals surface area contributed by atoms with Crippen LogP contribution in [-0.4, -0.2) is 59.4 Å². The number of hydrogen-bond acceptors (Lipinski definition) is 5. The molecule has 0 radical (unpaired) electrons. The van der Waals surface area contributed by atoms with Crippen LogP contribution in [0.25, 0.3) is 0 Å². The molecule has 1 saturated heterocycles. The first-order valence-corrected chi connectivity index (χ1v) is 8.86. The van der Waals surface area contributed by atoms with Crippen LogP contribution in [0.1, 0.15) is 30.0 Å². The number of H-pyrrole nitrogens is 1. The number of ether oxygens (including phenoxy) is 2. The maximum Gasteiger partial charge on any atom is 0.272 e. The molecular weight excluding hydrogens is 332 g/mol. The molecular formula is C19H26N4O3. The zero-order chi connectivity index (χ0) is 18.5. The summed E-state index contributed by atoms with van der Waals surface area (Å²) in [5, 5.41) is 10.00. The number of nitrogens with one attached hydrogen (secondary N) is 2. The van der Waals surface area contributed by atoms with Crippen LogP contribution >= 0.6 is 0 Å². The van der Waals surface area contributed by atoms with Crippen molar-refractivity contribution in [3.63, 3.8) is 0 Å². The minimum Gasteiger partial charge on any atom is -0.487 e. The van der Waals surface area contributed by atoms with Crippen LogP contribution in [0.15, 0.2) is 36.4 Å². The first-order chi connectivity index (χ1) is 12.6. The number of rotatable bonds is 7. The van der Waals surface area contributed by atoms with E-state index in [-0.39, 0.29) is 18.1 Å². The number of likely N-dealkylation sites (tertiary alicyclic amines) is 1. The summed E-state index contributed by atoms with van der Waals surface area (Å²) in [6.45, 7) is 6.20. The van der Waals surface area contributed by atoms with Gasteiger partial charge in [-0.15, -0.1) is 0 Å². The number of hydrogen-bond donors (Lipinski definition) is 2. The van der Waals surface area contributed by atoms with E-state index in [0.29, 0.717) is 18.3 Å². The second kappa shape index (κ2) is 8.33. The van der Waals surface area contributed by atoms with Crippen LogP contribution in [0.5, 0.6) is 5.75 Å². The Balaban J connectivity index is 1.56. The highest BCUT2D eigenvalue weighted by atomic mass is 16.5. The lowest BCUT2D eigenvalue weighted by atomic mass is 10.2. The Bertz CT molecular complexity index is 717. The van der Waals surface area contributed by atoms with Gasteiger partial charge in [0, 0.05) is 26.2 Å². The number of benzene rings is 1. The first kappa shape index (κ1) is 18.4. The Kier molecular flexibility index (Phi) is 5.90. The van der Waals surface area contributed by atoms with Crippen molar-refractivity contribution >= 4 is 5.91 Å². The van der Waals surface area contributed by atoms with Gasteiger partial charge in [-0.05, 0) is 32.0 Å². The maximum absolute atomic E-state index is 12.5. The second-order valence-corrected chi connectivity index (χ2v) is 6.78. The lowest BCUT2D eigenvalue weighted by Crippen LogP contribution is -2.43. The van der Waals surface area contributed by atoms with E-state index < -0.39 is 0 Å². The predicted molar refractivity (Wildman–Crippen MR) is 98.1 cm³/mol. The fourth-order valence-electron chi connectivity index (χ4n) is 3.07. The molecule has 26 heavy (non-hydrogen) atoms. The number of carbonyl (C=O) groups is 1. The highest BCUT2D eigenvalue weighted by Crippen LogP contribution is 2.16. The van der Waals surface area contributed by atoms with Gasteiger partial charge in [-0.1, -0.05) is 18.2 Å². The van der Waals surface area contributed by atoms with Crippen LogP contribution in [0, 0.1) is 0 Å². The van der Waals surface area contributed by atoms with Crippen molar-refractivity contribution in [3.05, 3.63) is 47.8 Å². The standard InChI is InChI=1S/C19H26N4O3/c1-13(2)23-10-17(18(11-23)25-3)20-19(24)16-9-14(21-22-16)12-26-15-7-5-4-6-8-15/h4-9,13,17-18H,10-12H2,1-3H3,(H,20,24)(H,21,22)/t17-,18-/m1/s1. The lowest BCUT2D eigenvalue weighted by Gasteiger charge is -2.19. The van der Waals surface area contributed by atoms with E-state index in [4.69, 9.17) is 9.47 Å². The molecule has 2 aromatic rings. The normalized spacial score (nSPS) is 20.5. The van der Waals surface area contributed by atoms with Crippen molar-refractivity contribution in [1.82, 2.24) is 20.4 Å². The highest BCUT2D eigenvalue weighted by molar-refractivity contribution is 5.92. The van der Waals surface area contributed by atoms with Gasteiger partial charge in [0.2, 0.25) is 0 Å². The van der Waals surface area contributed by atoms with E-state index in [1.807, 2.05) is 30.3 Å². The number of para-hydroxylation sites is 1. The summed E-state index contributed by atoms with van der Waals surface area (Å²) in [4.78, 5) is 14.8. The number of amides is 1. The summed E-state index contributed by atoms with van der Waals surface area (Å²) in [7, 11) is 1.68. The van der Waals surface area contributed by atoms with Gasteiger partial charge < -0.3 is 14.8 Å². The Morgan fingerprint density at radius 2 is 2.12 bits per heavy atom. The van der Waals surface area contributed by atoms with E-state index in [9.17, 15) is 4.79 Å². The second-order valence-electron chi connectivity index (χ2n) is 6.78. The maximum atomic E-state index is 12.5. The molecule has 1 fully saturated rings. The third-order valence-electron chi connectivity index (χ3n) is 4.65. The van der Waals surface area contributed by atoms with Gasteiger partial charge in [0.05, 0.1) is 17.8 Å². The fraction of sp³-hybridized carbons (Fsp3) is 0.474. The molecule has 0 saturated carbocycles. The first-order valence-electron chi connectivity index (χ1n) is 8.86. The highest BCUT2D eigenvalue weighted by Gasteiger charge is 2.35. The average molecular weight is 358 g/mol. The molecule has 1 aromatic carbocycles. The lowest BCUT2D eigenvalue weighted by molar-refractivity contribution is 0.0750. The Morgan fingerprint density at radius 3 is 2.81 bits per heavy atom. The molecule has 7 nitrogen and oxygen atoms in total. The molecule has 1 aliphatic rings. The summed E-state index contributed by atoms with van der Waals surface area (Å²) in [5.41, 5.74) is 1.10. The van der Waals surface area contributed by atoms with Gasteiger partial charge in [-0.2, -0.15) is 5.10 Å². The molecule has 1 aliphatic heterocycles. The van der Waals surface area contributed by atoms with Crippen molar-refractivity contribution in [2.75, 3.05) is 20.2 Å². The summed E-state index contributed by atoms with van der Waals surface area (Å²) >= 11 is 0. The van der Waals surface area contributed by atoms with Crippen LogP contribution in [-0.2, 0) is 11.3 Å². The van der Waals surface area contributed by atoms with Crippen molar-refractivity contribution in [2.45, 2.75) is 38.6 Å². The van der Waals surface area contributed by atoms with Crippen LogP contribution in [0.2, 0.25) is 0 Å². The van der Waals surface area contributed by atoms with Crippen LogP contribution in [0.3, 0.4) is 0 Å². The molecule has 3 rings (SSSR count). The fourth-order valence-corrected chi connectivity index (χ4v) is 3.07. The molecule has 0 unspecified atom stereocenters. The van der Waals surface area contributed by atoms with Gasteiger partial charge in [0.1, 0.15) is 18.1 Å². The molecule has 7 heteroatoms. The summed E-state index contributed by atoms with van der Waals surface area (Å²) in [5.74, 6) is 0.570. The molecule has 2 atom stereocenters. The Labute approximate surface area is 153 Å². The number of aromatic nitrogens is 2. The predicted octanol–water partition coefficient (Wildman–Crippen LogP) is 1.83. The zero-order valence-electron chi connectivity index (χ0n) is 15.4. The summed E-state index contributed by atoms with van der Waals surface area (Å²) in [6, 6.07) is 11.6. The molecule has 1 aromatic heterocycles. The zero-order valence-corrected chi connectivity index (χ0v) is 15.4. The summed E-state index contributed by atoms with van der Waals surface area (Å²) < 4.78 is 11.2.